The van der Waals surface area contributed by atoms with Crippen molar-refractivity contribution in [3.63, 3.8) is 0 Å². The number of carbonyl (C=O) groups excluding carboxylic acids is 3. The Kier molecular flexibility index (Phi) is 6.20. The van der Waals surface area contributed by atoms with Crippen LogP contribution in [0.5, 0.6) is 5.88 Å². The van der Waals surface area contributed by atoms with E-state index in [2.05, 4.69) is 10.3 Å². The normalized spacial score (nSPS) is 24.9. The van der Waals surface area contributed by atoms with Crippen LogP contribution >= 0.6 is 0 Å². The summed E-state index contributed by atoms with van der Waals surface area (Å²) < 4.78 is 5.46. The van der Waals surface area contributed by atoms with Crippen LogP contribution in [0.4, 0.5) is 0 Å². The molecule has 30 heavy (non-hydrogen) atoms. The Balaban J connectivity index is 1.27. The molecule has 0 unspecified atom stereocenters. The lowest BCUT2D eigenvalue weighted by Gasteiger charge is -2.32. The molecule has 8 nitrogen and oxygen atoms in total. The minimum Gasteiger partial charge on any atom is -0.477 e. The largest absolute Gasteiger partial charge is 0.477 e. The standard InChI is InChI=1S/C22H30N4O4/c1-2-30-22-17(6-5-9-23-22)21(29)24-18-13-16-12-15(18)14-26(16)20(28)8-7-19(27)25-10-3-4-11-25/h5-6,9,15-16,18H,2-4,7-8,10-14H2,1H3,(H,24,29)/t15-,16-,18+/m1/s1. The molecule has 2 bridgehead atoms. The number of likely N-dealkylation sites (tertiary alicyclic amines) is 2. The molecule has 3 heterocycles. The fraction of sp³-hybridized carbons (Fsp3) is 0.636. The third kappa shape index (κ3) is 4.27. The van der Waals surface area contributed by atoms with E-state index in [-0.39, 0.29) is 42.1 Å². The van der Waals surface area contributed by atoms with Gasteiger partial charge in [0.2, 0.25) is 17.7 Å². The summed E-state index contributed by atoms with van der Waals surface area (Å²) in [6.07, 6.45) is 5.98. The Morgan fingerprint density at radius 1 is 1.17 bits per heavy atom. The predicted octanol–water partition coefficient (Wildman–Crippen LogP) is 1.60. The van der Waals surface area contributed by atoms with Crippen LogP contribution in [-0.2, 0) is 9.59 Å². The molecule has 2 aliphatic heterocycles. The van der Waals surface area contributed by atoms with Gasteiger partial charge in [-0.15, -0.1) is 0 Å². The van der Waals surface area contributed by atoms with Crippen LogP contribution < -0.4 is 10.1 Å². The molecule has 162 valence electrons. The third-order valence-corrected chi connectivity index (χ3v) is 6.49. The summed E-state index contributed by atoms with van der Waals surface area (Å²) in [5.74, 6) is 0.574. The number of aromatic nitrogens is 1. The highest BCUT2D eigenvalue weighted by atomic mass is 16.5. The zero-order valence-electron chi connectivity index (χ0n) is 17.5. The molecule has 0 aromatic carbocycles. The van der Waals surface area contributed by atoms with Crippen molar-refractivity contribution in [2.45, 2.75) is 57.5 Å². The summed E-state index contributed by atoms with van der Waals surface area (Å²) in [5, 5.41) is 3.11. The minimum absolute atomic E-state index is 0.0486. The fourth-order valence-corrected chi connectivity index (χ4v) is 4.98. The second-order valence-corrected chi connectivity index (χ2v) is 8.39. The van der Waals surface area contributed by atoms with Gasteiger partial charge in [0, 0.05) is 50.8 Å². The maximum absolute atomic E-state index is 12.7. The van der Waals surface area contributed by atoms with Crippen LogP contribution in [0.3, 0.4) is 0 Å². The number of hydrogen-bond acceptors (Lipinski definition) is 5. The van der Waals surface area contributed by atoms with E-state index in [4.69, 9.17) is 4.74 Å². The summed E-state index contributed by atoms with van der Waals surface area (Å²) in [5.41, 5.74) is 0.440. The van der Waals surface area contributed by atoms with Gasteiger partial charge in [0.15, 0.2) is 0 Å². The van der Waals surface area contributed by atoms with Crippen molar-refractivity contribution in [1.82, 2.24) is 20.1 Å². The number of carbonyl (C=O) groups is 3. The molecule has 0 radical (unpaired) electrons. The van der Waals surface area contributed by atoms with Crippen LogP contribution in [0.25, 0.3) is 0 Å². The first-order valence-electron chi connectivity index (χ1n) is 11.0. The number of piperidine rings is 1. The van der Waals surface area contributed by atoms with Crippen molar-refractivity contribution in [1.29, 1.82) is 0 Å². The molecule has 0 spiro atoms. The van der Waals surface area contributed by atoms with Crippen LogP contribution in [0.1, 0.15) is 55.8 Å². The Bertz CT molecular complexity index is 808. The van der Waals surface area contributed by atoms with Crippen molar-refractivity contribution in [2.75, 3.05) is 26.2 Å². The molecule has 4 rings (SSSR count). The van der Waals surface area contributed by atoms with E-state index in [1.807, 2.05) is 16.7 Å². The first kappa shape index (κ1) is 20.6. The Labute approximate surface area is 177 Å². The second kappa shape index (κ2) is 9.02. The van der Waals surface area contributed by atoms with E-state index in [0.717, 1.165) is 38.8 Å². The molecule has 3 fully saturated rings. The summed E-state index contributed by atoms with van der Waals surface area (Å²) >= 11 is 0. The number of nitrogens with zero attached hydrogens (tertiary/aromatic N) is 3. The zero-order valence-corrected chi connectivity index (χ0v) is 17.5. The van der Waals surface area contributed by atoms with Crippen LogP contribution in [0.15, 0.2) is 18.3 Å². The van der Waals surface area contributed by atoms with Crippen molar-refractivity contribution in [2.24, 2.45) is 5.92 Å². The fourth-order valence-electron chi connectivity index (χ4n) is 4.98. The van der Waals surface area contributed by atoms with E-state index in [0.29, 0.717) is 31.0 Å². The molecular weight excluding hydrogens is 384 g/mol. The van der Waals surface area contributed by atoms with Crippen LogP contribution in [0, 0.1) is 5.92 Å². The highest BCUT2D eigenvalue weighted by molar-refractivity contribution is 5.96. The number of pyridine rings is 1. The summed E-state index contributed by atoms with van der Waals surface area (Å²) in [6.45, 7) is 4.60. The molecule has 3 aliphatic rings. The number of fused-ring (bicyclic) bond motifs is 2. The van der Waals surface area contributed by atoms with Crippen molar-refractivity contribution >= 4 is 17.7 Å². The lowest BCUT2D eigenvalue weighted by Crippen LogP contribution is -2.48. The molecule has 1 aromatic heterocycles. The maximum Gasteiger partial charge on any atom is 0.256 e. The summed E-state index contributed by atoms with van der Waals surface area (Å²) in [4.78, 5) is 45.5. The van der Waals surface area contributed by atoms with Crippen molar-refractivity contribution in [3.8, 4) is 5.88 Å². The minimum atomic E-state index is -0.182. The van der Waals surface area contributed by atoms with Gasteiger partial charge in [-0.1, -0.05) is 0 Å². The molecule has 8 heteroatoms. The highest BCUT2D eigenvalue weighted by Gasteiger charge is 2.46. The van der Waals surface area contributed by atoms with Gasteiger partial charge < -0.3 is 19.9 Å². The Morgan fingerprint density at radius 3 is 2.63 bits per heavy atom. The lowest BCUT2D eigenvalue weighted by atomic mass is 10.0. The Morgan fingerprint density at radius 2 is 1.93 bits per heavy atom. The van der Waals surface area contributed by atoms with Gasteiger partial charge in [0.1, 0.15) is 5.56 Å². The van der Waals surface area contributed by atoms with Crippen molar-refractivity contribution in [3.05, 3.63) is 23.9 Å². The summed E-state index contributed by atoms with van der Waals surface area (Å²) in [7, 11) is 0. The quantitative estimate of drug-likeness (QED) is 0.732. The summed E-state index contributed by atoms with van der Waals surface area (Å²) in [6, 6.07) is 3.64. The number of nitrogens with one attached hydrogen (secondary N) is 1. The number of hydrogen-bond donors (Lipinski definition) is 1. The van der Waals surface area contributed by atoms with Crippen LogP contribution in [0.2, 0.25) is 0 Å². The first-order valence-corrected chi connectivity index (χ1v) is 11.0. The van der Waals surface area contributed by atoms with E-state index in [1.54, 1.807) is 18.3 Å². The highest BCUT2D eigenvalue weighted by Crippen LogP contribution is 2.38. The zero-order chi connectivity index (χ0) is 21.1. The van der Waals surface area contributed by atoms with Crippen LogP contribution in [-0.4, -0.2) is 70.8 Å². The average molecular weight is 415 g/mol. The molecule has 3 amide bonds. The Hall–Kier alpha value is -2.64. The van der Waals surface area contributed by atoms with Gasteiger partial charge in [0.25, 0.3) is 5.91 Å². The van der Waals surface area contributed by atoms with Gasteiger partial charge >= 0.3 is 0 Å². The average Bonchev–Trinajstić information content (AvgIpc) is 3.49. The monoisotopic (exact) mass is 414 g/mol. The van der Waals surface area contributed by atoms with E-state index < -0.39 is 0 Å². The first-order chi connectivity index (χ1) is 14.6. The molecule has 1 aliphatic carbocycles. The molecule has 1 aromatic rings. The van der Waals surface area contributed by atoms with Gasteiger partial charge in [-0.2, -0.15) is 0 Å². The topological polar surface area (TPSA) is 91.8 Å². The van der Waals surface area contributed by atoms with Gasteiger partial charge in [-0.3, -0.25) is 14.4 Å². The molecule has 1 saturated carbocycles. The van der Waals surface area contributed by atoms with E-state index >= 15 is 0 Å². The van der Waals surface area contributed by atoms with Gasteiger partial charge in [-0.05, 0) is 50.7 Å². The van der Waals surface area contributed by atoms with Crippen molar-refractivity contribution < 1.29 is 19.1 Å². The smallest absolute Gasteiger partial charge is 0.256 e. The number of ether oxygens (including phenoxy) is 1. The molecule has 3 atom stereocenters. The predicted molar refractivity (Wildman–Crippen MR) is 110 cm³/mol. The van der Waals surface area contributed by atoms with E-state index in [9.17, 15) is 14.4 Å². The molecule has 2 saturated heterocycles. The van der Waals surface area contributed by atoms with Gasteiger partial charge in [-0.25, -0.2) is 4.98 Å². The number of amides is 3. The van der Waals surface area contributed by atoms with E-state index in [1.165, 1.54) is 0 Å². The SMILES string of the molecule is CCOc1ncccc1C(=O)N[C@H]1C[C@H]2C[C@@H]1CN2C(=O)CCC(=O)N1CCCC1. The second-order valence-electron chi connectivity index (χ2n) is 8.39. The lowest BCUT2D eigenvalue weighted by molar-refractivity contribution is -0.137. The molecular formula is C22H30N4O4. The van der Waals surface area contributed by atoms with Gasteiger partial charge in [0.05, 0.1) is 6.61 Å². The molecule has 1 N–H and O–H groups in total. The maximum atomic E-state index is 12.7. The third-order valence-electron chi connectivity index (χ3n) is 6.49. The number of rotatable bonds is 7.